The summed E-state index contributed by atoms with van der Waals surface area (Å²) in [6, 6.07) is 0.416. The molecule has 0 amide bonds. The molecule has 0 aliphatic carbocycles. The molecule has 3 nitrogen and oxygen atoms in total. The summed E-state index contributed by atoms with van der Waals surface area (Å²) in [5, 5.41) is 0. The summed E-state index contributed by atoms with van der Waals surface area (Å²) in [4.78, 5) is 12.4. The first-order chi connectivity index (χ1) is 6.33. The molecule has 0 bridgehead atoms. The van der Waals surface area contributed by atoms with Crippen LogP contribution in [0.25, 0.3) is 0 Å². The van der Waals surface area contributed by atoms with Gasteiger partial charge in [-0.15, -0.1) is 0 Å². The predicted octanol–water partition coefficient (Wildman–Crippen LogP) is 0.689. The van der Waals surface area contributed by atoms with E-state index >= 15 is 0 Å². The van der Waals surface area contributed by atoms with Crippen LogP contribution in [0.5, 0.6) is 0 Å². The van der Waals surface area contributed by atoms with Crippen molar-refractivity contribution in [3.05, 3.63) is 0 Å². The van der Waals surface area contributed by atoms with Crippen LogP contribution in [-0.2, 0) is 4.79 Å². The van der Waals surface area contributed by atoms with Gasteiger partial charge < -0.3 is 10.6 Å². The van der Waals surface area contributed by atoms with Gasteiger partial charge in [0.15, 0.2) is 6.29 Å². The van der Waals surface area contributed by atoms with Crippen LogP contribution in [0, 0.1) is 0 Å². The van der Waals surface area contributed by atoms with E-state index in [9.17, 15) is 4.79 Å². The standard InChI is InChI=1S/C10H19N2O/c11-10-4-7-12(8-5-10)6-2-1-3-9-13/h10H,1-8,11H2. The highest BCUT2D eigenvalue weighted by Crippen LogP contribution is 2.09. The Hall–Kier alpha value is -0.410. The monoisotopic (exact) mass is 183 g/mol. The fourth-order valence-electron chi connectivity index (χ4n) is 1.71. The van der Waals surface area contributed by atoms with E-state index in [4.69, 9.17) is 5.73 Å². The van der Waals surface area contributed by atoms with E-state index < -0.39 is 0 Å². The van der Waals surface area contributed by atoms with Crippen LogP contribution >= 0.6 is 0 Å². The number of nitrogens with zero attached hydrogens (tertiary/aromatic N) is 1. The van der Waals surface area contributed by atoms with Crippen molar-refractivity contribution in [2.45, 2.75) is 38.1 Å². The molecule has 0 spiro atoms. The Bertz CT molecular complexity index is 142. The van der Waals surface area contributed by atoms with E-state index in [1.54, 1.807) is 0 Å². The molecule has 0 atom stereocenters. The van der Waals surface area contributed by atoms with E-state index in [1.807, 2.05) is 6.29 Å². The van der Waals surface area contributed by atoms with Crippen molar-refractivity contribution in [1.82, 2.24) is 4.90 Å². The van der Waals surface area contributed by atoms with Gasteiger partial charge in [0.25, 0.3) is 0 Å². The quantitative estimate of drug-likeness (QED) is 0.638. The first-order valence-electron chi connectivity index (χ1n) is 5.16. The van der Waals surface area contributed by atoms with Gasteiger partial charge in [0.2, 0.25) is 0 Å². The van der Waals surface area contributed by atoms with Crippen LogP contribution in [0.1, 0.15) is 32.1 Å². The molecule has 1 saturated heterocycles. The molecule has 0 aromatic rings. The summed E-state index contributed by atoms with van der Waals surface area (Å²) in [5.41, 5.74) is 5.80. The summed E-state index contributed by atoms with van der Waals surface area (Å²) < 4.78 is 0. The molecule has 0 unspecified atom stereocenters. The van der Waals surface area contributed by atoms with E-state index in [0.29, 0.717) is 12.5 Å². The Morgan fingerprint density at radius 2 is 2.00 bits per heavy atom. The topological polar surface area (TPSA) is 46.3 Å². The zero-order valence-corrected chi connectivity index (χ0v) is 8.17. The largest absolute Gasteiger partial charge is 0.328 e. The molecular weight excluding hydrogens is 164 g/mol. The normalized spacial score (nSPS) is 20.4. The van der Waals surface area contributed by atoms with Crippen molar-refractivity contribution in [1.29, 1.82) is 0 Å². The number of carbonyl (C=O) groups excluding carboxylic acids is 1. The van der Waals surface area contributed by atoms with E-state index in [1.165, 1.54) is 0 Å². The number of unbranched alkanes of at least 4 members (excludes halogenated alkanes) is 2. The molecule has 75 valence electrons. The Labute approximate surface area is 80.3 Å². The van der Waals surface area contributed by atoms with E-state index in [-0.39, 0.29) is 0 Å². The number of likely N-dealkylation sites (tertiary alicyclic amines) is 1. The van der Waals surface area contributed by atoms with Gasteiger partial charge in [0.05, 0.1) is 0 Å². The molecule has 1 heterocycles. The highest BCUT2D eigenvalue weighted by Gasteiger charge is 2.14. The minimum Gasteiger partial charge on any atom is -0.328 e. The lowest BCUT2D eigenvalue weighted by molar-refractivity contribution is 0.210. The van der Waals surface area contributed by atoms with Crippen LogP contribution in [0.4, 0.5) is 0 Å². The van der Waals surface area contributed by atoms with Gasteiger partial charge in [-0.3, -0.25) is 4.79 Å². The van der Waals surface area contributed by atoms with Crippen molar-refractivity contribution in [2.24, 2.45) is 5.73 Å². The molecule has 1 rings (SSSR count). The third kappa shape index (κ3) is 4.39. The molecule has 3 heteroatoms. The van der Waals surface area contributed by atoms with Crippen molar-refractivity contribution in [3.63, 3.8) is 0 Å². The second kappa shape index (κ2) is 6.11. The molecule has 1 aliphatic rings. The molecule has 1 aliphatic heterocycles. The van der Waals surface area contributed by atoms with Crippen molar-refractivity contribution in [2.75, 3.05) is 19.6 Å². The second-order valence-electron chi connectivity index (χ2n) is 3.78. The fourth-order valence-corrected chi connectivity index (χ4v) is 1.71. The van der Waals surface area contributed by atoms with Crippen molar-refractivity contribution < 1.29 is 4.79 Å². The van der Waals surface area contributed by atoms with Gasteiger partial charge in [-0.1, -0.05) is 0 Å². The molecule has 1 radical (unpaired) electrons. The van der Waals surface area contributed by atoms with Crippen LogP contribution in [0.3, 0.4) is 0 Å². The SMILES string of the molecule is NC1CCN(CCCC[C]=O)CC1. The van der Waals surface area contributed by atoms with Crippen LogP contribution < -0.4 is 5.73 Å². The van der Waals surface area contributed by atoms with Gasteiger partial charge in [-0.05, 0) is 45.3 Å². The van der Waals surface area contributed by atoms with Crippen molar-refractivity contribution >= 4 is 6.29 Å². The Morgan fingerprint density at radius 1 is 1.31 bits per heavy atom. The predicted molar refractivity (Wildman–Crippen MR) is 53.2 cm³/mol. The zero-order chi connectivity index (χ0) is 9.52. The van der Waals surface area contributed by atoms with E-state index in [0.717, 1.165) is 45.3 Å². The first kappa shape index (κ1) is 10.7. The maximum Gasteiger partial charge on any atom is 0.198 e. The smallest absolute Gasteiger partial charge is 0.198 e. The molecule has 0 saturated carbocycles. The average molecular weight is 183 g/mol. The highest BCUT2D eigenvalue weighted by molar-refractivity contribution is 5.50. The first-order valence-corrected chi connectivity index (χ1v) is 5.16. The lowest BCUT2D eigenvalue weighted by Crippen LogP contribution is -2.39. The number of hydrogen-bond donors (Lipinski definition) is 1. The Morgan fingerprint density at radius 3 is 2.62 bits per heavy atom. The van der Waals surface area contributed by atoms with Crippen LogP contribution in [0.2, 0.25) is 0 Å². The van der Waals surface area contributed by atoms with Crippen LogP contribution in [-0.4, -0.2) is 36.9 Å². The van der Waals surface area contributed by atoms with Gasteiger partial charge in [0.1, 0.15) is 0 Å². The van der Waals surface area contributed by atoms with E-state index in [2.05, 4.69) is 4.90 Å². The Kier molecular flexibility index (Phi) is 5.01. The number of hydrogen-bond acceptors (Lipinski definition) is 3. The average Bonchev–Trinajstić information content (AvgIpc) is 2.15. The summed E-state index contributed by atoms with van der Waals surface area (Å²) in [7, 11) is 0. The van der Waals surface area contributed by atoms with Crippen LogP contribution in [0.15, 0.2) is 0 Å². The molecule has 1 fully saturated rings. The zero-order valence-electron chi connectivity index (χ0n) is 8.17. The van der Waals surface area contributed by atoms with Gasteiger partial charge >= 0.3 is 0 Å². The third-order valence-electron chi connectivity index (χ3n) is 2.64. The number of nitrogens with two attached hydrogens (primary N) is 1. The minimum absolute atomic E-state index is 0.416. The molecule has 13 heavy (non-hydrogen) atoms. The third-order valence-corrected chi connectivity index (χ3v) is 2.64. The maximum absolute atomic E-state index is 9.94. The van der Waals surface area contributed by atoms with Gasteiger partial charge in [-0.2, -0.15) is 0 Å². The maximum atomic E-state index is 9.94. The highest BCUT2D eigenvalue weighted by atomic mass is 16.1. The van der Waals surface area contributed by atoms with Crippen molar-refractivity contribution in [3.8, 4) is 0 Å². The van der Waals surface area contributed by atoms with Gasteiger partial charge in [0, 0.05) is 12.5 Å². The summed E-state index contributed by atoms with van der Waals surface area (Å²) in [5.74, 6) is 0. The second-order valence-corrected chi connectivity index (χ2v) is 3.78. The summed E-state index contributed by atoms with van der Waals surface area (Å²) in [6.45, 7) is 3.38. The minimum atomic E-state index is 0.416. The molecule has 2 N–H and O–H groups in total. The number of piperidine rings is 1. The Balaban J connectivity index is 1.99. The lowest BCUT2D eigenvalue weighted by atomic mass is 10.1. The number of rotatable bonds is 5. The molecule has 0 aromatic heterocycles. The molecule has 0 aromatic carbocycles. The summed E-state index contributed by atoms with van der Waals surface area (Å²) >= 11 is 0. The molecular formula is C10H19N2O. The lowest BCUT2D eigenvalue weighted by Gasteiger charge is -2.29. The fraction of sp³-hybridized carbons (Fsp3) is 0.900. The summed E-state index contributed by atoms with van der Waals surface area (Å²) in [6.07, 6.45) is 6.86. The van der Waals surface area contributed by atoms with Gasteiger partial charge in [-0.25, -0.2) is 0 Å².